The minimum Gasteiger partial charge on any atom is -0.0579 e. The van der Waals surface area contributed by atoms with E-state index in [1.807, 2.05) is 0 Å². The van der Waals surface area contributed by atoms with Crippen LogP contribution in [0.3, 0.4) is 0 Å². The Bertz CT molecular complexity index is 1380. The summed E-state index contributed by atoms with van der Waals surface area (Å²) in [6.07, 6.45) is 0. The van der Waals surface area contributed by atoms with E-state index in [0.717, 1.165) is 11.1 Å². The highest BCUT2D eigenvalue weighted by Crippen LogP contribution is 2.34. The van der Waals surface area contributed by atoms with Crippen molar-refractivity contribution in [2.24, 2.45) is 0 Å². The summed E-state index contributed by atoms with van der Waals surface area (Å²) >= 11 is 2.40. The molecule has 0 fully saturated rings. The summed E-state index contributed by atoms with van der Waals surface area (Å²) < 4.78 is 1.22. The van der Waals surface area contributed by atoms with Gasteiger partial charge in [0.15, 0.2) is 0 Å². The molecule has 0 N–H and O–H groups in total. The Morgan fingerprint density at radius 2 is 1.03 bits per heavy atom. The molecule has 4 aliphatic carbocycles. The lowest BCUT2D eigenvalue weighted by atomic mass is 9.88. The standard InChI is InChI=1S/C32H29I/c1-31(2,3)25-14-13-23-12-11-22(27(23)18-15-25)9-7-8-10-24-21-30(33)29-20-17-26(32(4,5)6)16-19-28(24)29/h11-21H,1-6H3. The van der Waals surface area contributed by atoms with Crippen LogP contribution >= 0.6 is 22.6 Å². The molecule has 0 saturated carbocycles. The fourth-order valence-corrected chi connectivity index (χ4v) is 4.75. The van der Waals surface area contributed by atoms with E-state index >= 15 is 0 Å². The minimum absolute atomic E-state index is 0.117. The number of hydrogen-bond acceptors (Lipinski definition) is 0. The lowest BCUT2D eigenvalue weighted by Gasteiger charge is -2.17. The van der Waals surface area contributed by atoms with Crippen molar-refractivity contribution in [3.8, 4) is 45.9 Å². The van der Waals surface area contributed by atoms with Crippen LogP contribution in [0.5, 0.6) is 0 Å². The molecule has 4 rings (SSSR count). The van der Waals surface area contributed by atoms with Crippen LogP contribution in [-0.4, -0.2) is 0 Å². The van der Waals surface area contributed by atoms with Gasteiger partial charge in [-0.3, -0.25) is 0 Å². The maximum atomic E-state index is 3.30. The van der Waals surface area contributed by atoms with Gasteiger partial charge in [-0.1, -0.05) is 108 Å². The van der Waals surface area contributed by atoms with Gasteiger partial charge in [0.2, 0.25) is 0 Å². The van der Waals surface area contributed by atoms with Crippen LogP contribution in [-0.2, 0) is 10.8 Å². The summed E-state index contributed by atoms with van der Waals surface area (Å²) in [6, 6.07) is 24.1. The van der Waals surface area contributed by atoms with Crippen LogP contribution in [0, 0.1) is 27.3 Å². The van der Waals surface area contributed by atoms with E-state index < -0.39 is 0 Å². The maximum absolute atomic E-state index is 3.30. The molecule has 0 nitrogen and oxygen atoms in total. The zero-order valence-electron chi connectivity index (χ0n) is 20.2. The van der Waals surface area contributed by atoms with E-state index in [1.54, 1.807) is 0 Å². The average Bonchev–Trinajstić information content (AvgIpc) is 3.04. The maximum Gasteiger partial charge on any atom is 0.0345 e. The fourth-order valence-electron chi connectivity index (χ4n) is 3.96. The first-order chi connectivity index (χ1) is 15.5. The Hall–Kier alpha value is -2.75. The Balaban J connectivity index is 1.66. The van der Waals surface area contributed by atoms with Gasteiger partial charge in [0.1, 0.15) is 0 Å². The molecule has 0 radical (unpaired) electrons. The van der Waals surface area contributed by atoms with Gasteiger partial charge in [-0.15, -0.1) is 0 Å². The predicted octanol–water partition coefficient (Wildman–Crippen LogP) is 8.50. The van der Waals surface area contributed by atoms with Gasteiger partial charge < -0.3 is 0 Å². The van der Waals surface area contributed by atoms with Gasteiger partial charge in [0.05, 0.1) is 0 Å². The van der Waals surface area contributed by atoms with Crippen molar-refractivity contribution in [3.63, 3.8) is 0 Å². The number of hydrogen-bond donors (Lipinski definition) is 0. The smallest absolute Gasteiger partial charge is 0.0345 e. The molecule has 0 aromatic heterocycles. The summed E-state index contributed by atoms with van der Waals surface area (Å²) in [5.41, 5.74) is 9.75. The van der Waals surface area contributed by atoms with E-state index in [2.05, 4.69) is 155 Å². The summed E-state index contributed by atoms with van der Waals surface area (Å²) in [5, 5.41) is 0. The predicted molar refractivity (Wildman–Crippen MR) is 150 cm³/mol. The molecule has 0 spiro atoms. The first-order valence-electron chi connectivity index (χ1n) is 11.3. The van der Waals surface area contributed by atoms with Gasteiger partial charge in [-0.25, -0.2) is 0 Å². The highest BCUT2D eigenvalue weighted by atomic mass is 127. The second-order valence-electron chi connectivity index (χ2n) is 10.6. The molecular weight excluding hydrogens is 511 g/mol. The van der Waals surface area contributed by atoms with Gasteiger partial charge in [-0.2, -0.15) is 0 Å². The molecule has 0 aliphatic heterocycles. The third kappa shape index (κ3) is 5.10. The fraction of sp³-hybridized carbons (Fsp3) is 0.250. The molecule has 164 valence electrons. The molecular formula is C32H29I. The Labute approximate surface area is 212 Å². The molecule has 0 amide bonds. The molecule has 33 heavy (non-hydrogen) atoms. The summed E-state index contributed by atoms with van der Waals surface area (Å²) in [5.74, 6) is 12.8. The van der Waals surface area contributed by atoms with Crippen LogP contribution in [0.4, 0.5) is 0 Å². The summed E-state index contributed by atoms with van der Waals surface area (Å²) in [6.45, 7) is 13.4. The Morgan fingerprint density at radius 3 is 1.64 bits per heavy atom. The monoisotopic (exact) mass is 540 g/mol. The van der Waals surface area contributed by atoms with Crippen LogP contribution in [0.15, 0.2) is 66.7 Å². The van der Waals surface area contributed by atoms with Crippen molar-refractivity contribution in [2.45, 2.75) is 52.4 Å². The van der Waals surface area contributed by atoms with Crippen molar-refractivity contribution in [3.05, 3.63) is 92.6 Å². The van der Waals surface area contributed by atoms with Crippen LogP contribution < -0.4 is 0 Å². The first kappa shape index (κ1) is 23.4. The van der Waals surface area contributed by atoms with Gasteiger partial charge in [0, 0.05) is 14.7 Å². The van der Waals surface area contributed by atoms with E-state index in [0.29, 0.717) is 0 Å². The Kier molecular flexibility index (Phi) is 6.30. The molecule has 4 aliphatic rings. The highest BCUT2D eigenvalue weighted by Gasteiger charge is 2.17. The van der Waals surface area contributed by atoms with Crippen LogP contribution in [0.2, 0.25) is 0 Å². The topological polar surface area (TPSA) is 0 Å². The third-order valence-corrected chi connectivity index (χ3v) is 6.95. The molecule has 1 heteroatoms. The number of halogens is 1. The van der Waals surface area contributed by atoms with Crippen molar-refractivity contribution >= 4 is 22.6 Å². The normalized spacial score (nSPS) is 11.6. The first-order valence-corrected chi connectivity index (χ1v) is 12.4. The largest absolute Gasteiger partial charge is 0.0579 e. The van der Waals surface area contributed by atoms with Crippen molar-refractivity contribution in [1.29, 1.82) is 0 Å². The SMILES string of the molecule is CC(C)(C)c1ccc2ccc(C#CC#Cc3cc(I)c4ccc(C(C)(C)C)ccc3-4)c-2cc1. The summed E-state index contributed by atoms with van der Waals surface area (Å²) in [7, 11) is 0. The highest BCUT2D eigenvalue weighted by molar-refractivity contribution is 14.1. The lowest BCUT2D eigenvalue weighted by Crippen LogP contribution is -2.09. The Morgan fingerprint density at radius 1 is 0.545 bits per heavy atom. The molecule has 0 bridgehead atoms. The van der Waals surface area contributed by atoms with E-state index in [1.165, 1.54) is 37.0 Å². The third-order valence-electron chi connectivity index (χ3n) is 6.06. The lowest BCUT2D eigenvalue weighted by molar-refractivity contribution is 0.590. The second-order valence-corrected chi connectivity index (χ2v) is 11.8. The van der Waals surface area contributed by atoms with E-state index in [9.17, 15) is 0 Å². The van der Waals surface area contributed by atoms with Crippen LogP contribution in [0.25, 0.3) is 22.3 Å². The quantitative estimate of drug-likeness (QED) is 0.155. The van der Waals surface area contributed by atoms with Crippen molar-refractivity contribution in [2.75, 3.05) is 0 Å². The van der Waals surface area contributed by atoms with Gasteiger partial charge in [0.25, 0.3) is 0 Å². The van der Waals surface area contributed by atoms with Gasteiger partial charge >= 0.3 is 0 Å². The molecule has 0 saturated heterocycles. The minimum atomic E-state index is 0.117. The average molecular weight is 540 g/mol. The van der Waals surface area contributed by atoms with Gasteiger partial charge in [-0.05, 0) is 90.8 Å². The molecule has 0 aromatic carbocycles. The summed E-state index contributed by atoms with van der Waals surface area (Å²) in [4.78, 5) is 0. The van der Waals surface area contributed by atoms with E-state index in [4.69, 9.17) is 0 Å². The second kappa shape index (κ2) is 8.89. The van der Waals surface area contributed by atoms with E-state index in [-0.39, 0.29) is 10.8 Å². The zero-order chi connectivity index (χ0) is 23.8. The molecule has 0 aromatic rings. The zero-order valence-corrected chi connectivity index (χ0v) is 22.4. The van der Waals surface area contributed by atoms with Crippen molar-refractivity contribution in [1.82, 2.24) is 0 Å². The van der Waals surface area contributed by atoms with Crippen molar-refractivity contribution < 1.29 is 0 Å². The number of fused-ring (bicyclic) bond motifs is 2. The molecule has 0 atom stereocenters. The molecule has 0 heterocycles. The number of rotatable bonds is 0. The molecule has 0 unspecified atom stereocenters. The van der Waals surface area contributed by atoms with Crippen LogP contribution in [0.1, 0.15) is 63.8 Å².